The molecule has 0 fully saturated rings. The third-order valence-corrected chi connectivity index (χ3v) is 3.87. The number of hydrogen-bond acceptors (Lipinski definition) is 2. The lowest BCUT2D eigenvalue weighted by atomic mass is 9.92. The van der Waals surface area contributed by atoms with Crippen molar-refractivity contribution in [2.75, 3.05) is 0 Å². The zero-order valence-electron chi connectivity index (χ0n) is 10.5. The molecule has 0 spiro atoms. The monoisotopic (exact) mass is 245 g/mol. The molecule has 1 unspecified atom stereocenters. The summed E-state index contributed by atoms with van der Waals surface area (Å²) >= 11 is 1.77. The van der Waals surface area contributed by atoms with Gasteiger partial charge in [0.1, 0.15) is 0 Å². The quantitative estimate of drug-likeness (QED) is 0.743. The Morgan fingerprint density at radius 2 is 1.88 bits per heavy atom. The summed E-state index contributed by atoms with van der Waals surface area (Å²) in [7, 11) is 0. The van der Waals surface area contributed by atoms with E-state index in [1.165, 1.54) is 23.4 Å². The maximum Gasteiger partial charge on any atom is 0.0999 e. The van der Waals surface area contributed by atoms with Crippen LogP contribution in [0.1, 0.15) is 43.2 Å². The molecule has 0 radical (unpaired) electrons. The van der Waals surface area contributed by atoms with Crippen LogP contribution in [0.5, 0.6) is 0 Å². The maximum absolute atomic E-state index is 4.49. The van der Waals surface area contributed by atoms with Crippen LogP contribution in [0.4, 0.5) is 0 Å². The largest absolute Gasteiger partial charge is 0.249 e. The van der Waals surface area contributed by atoms with E-state index in [0.717, 1.165) is 5.92 Å². The van der Waals surface area contributed by atoms with Gasteiger partial charge in [0.15, 0.2) is 0 Å². The van der Waals surface area contributed by atoms with Gasteiger partial charge in [0.25, 0.3) is 0 Å². The average molecular weight is 245 g/mol. The van der Waals surface area contributed by atoms with Crippen molar-refractivity contribution in [2.45, 2.75) is 32.6 Å². The second kappa shape index (κ2) is 5.97. The van der Waals surface area contributed by atoms with Crippen LogP contribution in [-0.2, 0) is 0 Å². The van der Waals surface area contributed by atoms with Crippen molar-refractivity contribution in [3.63, 3.8) is 0 Å². The van der Waals surface area contributed by atoms with E-state index in [2.05, 4.69) is 54.5 Å². The molecule has 2 aromatic rings. The van der Waals surface area contributed by atoms with Crippen molar-refractivity contribution in [1.29, 1.82) is 0 Å². The van der Waals surface area contributed by atoms with Crippen LogP contribution in [0.2, 0.25) is 0 Å². The van der Waals surface area contributed by atoms with Gasteiger partial charge in [-0.05, 0) is 24.3 Å². The molecule has 0 aliphatic carbocycles. The minimum atomic E-state index is 0.471. The molecule has 0 saturated heterocycles. The van der Waals surface area contributed by atoms with Crippen LogP contribution < -0.4 is 0 Å². The van der Waals surface area contributed by atoms with E-state index in [0.29, 0.717) is 5.92 Å². The van der Waals surface area contributed by atoms with Gasteiger partial charge in [-0.15, -0.1) is 11.3 Å². The number of hydrogen-bond donors (Lipinski definition) is 0. The lowest BCUT2D eigenvalue weighted by Gasteiger charge is -2.16. The highest BCUT2D eigenvalue weighted by Crippen LogP contribution is 2.31. The van der Waals surface area contributed by atoms with Crippen LogP contribution >= 0.6 is 11.3 Å². The maximum atomic E-state index is 4.49. The zero-order valence-corrected chi connectivity index (χ0v) is 11.3. The van der Waals surface area contributed by atoms with Gasteiger partial charge in [0.2, 0.25) is 0 Å². The fourth-order valence-corrected chi connectivity index (χ4v) is 2.83. The Morgan fingerprint density at radius 3 is 2.47 bits per heavy atom. The predicted molar refractivity (Wildman–Crippen MR) is 74.5 cm³/mol. The van der Waals surface area contributed by atoms with Crippen LogP contribution in [0, 0.1) is 5.92 Å². The summed E-state index contributed by atoms with van der Waals surface area (Å²) in [5, 5.41) is 3.32. The van der Waals surface area contributed by atoms with E-state index in [4.69, 9.17) is 0 Å². The molecule has 0 amide bonds. The topological polar surface area (TPSA) is 12.9 Å². The van der Waals surface area contributed by atoms with E-state index in [-0.39, 0.29) is 0 Å². The Labute approximate surface area is 108 Å². The van der Waals surface area contributed by atoms with Crippen LogP contribution in [0.3, 0.4) is 0 Å². The second-order valence-electron chi connectivity index (χ2n) is 4.80. The number of rotatable bonds is 5. The van der Waals surface area contributed by atoms with Gasteiger partial charge < -0.3 is 0 Å². The third kappa shape index (κ3) is 3.40. The highest BCUT2D eigenvalue weighted by Gasteiger charge is 2.16. The van der Waals surface area contributed by atoms with Crippen molar-refractivity contribution in [1.82, 2.24) is 4.98 Å². The minimum absolute atomic E-state index is 0.471. The lowest BCUT2D eigenvalue weighted by molar-refractivity contribution is 0.528. The highest BCUT2D eigenvalue weighted by atomic mass is 32.1. The second-order valence-corrected chi connectivity index (χ2v) is 5.73. The first-order valence-corrected chi connectivity index (χ1v) is 7.09. The van der Waals surface area contributed by atoms with E-state index in [1.54, 1.807) is 11.3 Å². The number of thiazole rings is 1. The first-order valence-electron chi connectivity index (χ1n) is 6.21. The smallest absolute Gasteiger partial charge is 0.0999 e. The Hall–Kier alpha value is -1.15. The Morgan fingerprint density at radius 1 is 1.12 bits per heavy atom. The summed E-state index contributed by atoms with van der Waals surface area (Å²) in [5.41, 5.74) is 1.39. The molecule has 2 rings (SSSR count). The molecule has 2 heteroatoms. The lowest BCUT2D eigenvalue weighted by Crippen LogP contribution is -2.02. The molecular formula is C15H19NS. The fourth-order valence-electron chi connectivity index (χ4n) is 2.02. The number of aromatic nitrogens is 1. The molecule has 0 saturated carbocycles. The van der Waals surface area contributed by atoms with Gasteiger partial charge in [-0.3, -0.25) is 0 Å². The summed E-state index contributed by atoms with van der Waals surface area (Å²) in [6, 6.07) is 10.7. The van der Waals surface area contributed by atoms with Gasteiger partial charge >= 0.3 is 0 Å². The molecule has 0 N–H and O–H groups in total. The van der Waals surface area contributed by atoms with Gasteiger partial charge in [-0.25, -0.2) is 4.98 Å². The third-order valence-electron chi connectivity index (χ3n) is 2.98. The van der Waals surface area contributed by atoms with E-state index in [9.17, 15) is 0 Å². The van der Waals surface area contributed by atoms with Crippen molar-refractivity contribution < 1.29 is 0 Å². The minimum Gasteiger partial charge on any atom is -0.249 e. The van der Waals surface area contributed by atoms with Gasteiger partial charge in [0, 0.05) is 17.5 Å². The van der Waals surface area contributed by atoms with Gasteiger partial charge in [0.05, 0.1) is 5.01 Å². The van der Waals surface area contributed by atoms with Crippen molar-refractivity contribution >= 4 is 11.3 Å². The average Bonchev–Trinajstić information content (AvgIpc) is 2.84. The fraction of sp³-hybridized carbons (Fsp3) is 0.400. The molecule has 1 nitrogen and oxygen atoms in total. The van der Waals surface area contributed by atoms with Crippen LogP contribution in [0.25, 0.3) is 0 Å². The molecule has 1 aromatic heterocycles. The van der Waals surface area contributed by atoms with Crippen molar-refractivity contribution in [3.05, 3.63) is 52.5 Å². The zero-order chi connectivity index (χ0) is 12.1. The van der Waals surface area contributed by atoms with E-state index in [1.807, 2.05) is 6.20 Å². The molecule has 1 atom stereocenters. The number of nitrogens with zero attached hydrogens (tertiary/aromatic N) is 1. The van der Waals surface area contributed by atoms with Crippen molar-refractivity contribution in [3.8, 4) is 0 Å². The summed E-state index contributed by atoms with van der Waals surface area (Å²) in [5.74, 6) is 1.22. The standard InChI is InChI=1S/C15H19NS/c1-12(2)8-9-14(15-16-10-11-17-15)13-6-4-3-5-7-13/h3-7,10-12,14H,8-9H2,1-2H3. The molecule has 17 heavy (non-hydrogen) atoms. The summed E-state index contributed by atoms with van der Waals surface area (Å²) in [6.45, 7) is 4.56. The molecule has 0 aliphatic rings. The first kappa shape index (κ1) is 12.3. The highest BCUT2D eigenvalue weighted by molar-refractivity contribution is 7.09. The molecule has 1 aromatic carbocycles. The van der Waals surface area contributed by atoms with Crippen LogP contribution in [-0.4, -0.2) is 4.98 Å². The summed E-state index contributed by atoms with van der Waals surface area (Å²) in [6.07, 6.45) is 4.35. The summed E-state index contributed by atoms with van der Waals surface area (Å²) < 4.78 is 0. The number of benzene rings is 1. The Bertz CT molecular complexity index is 419. The van der Waals surface area contributed by atoms with Crippen LogP contribution in [0.15, 0.2) is 41.9 Å². The van der Waals surface area contributed by atoms with E-state index >= 15 is 0 Å². The molecule has 90 valence electrons. The molecule has 0 bridgehead atoms. The molecular weight excluding hydrogens is 226 g/mol. The summed E-state index contributed by atoms with van der Waals surface area (Å²) in [4.78, 5) is 4.49. The Balaban J connectivity index is 2.19. The SMILES string of the molecule is CC(C)CCC(c1ccccc1)c1nccs1. The normalized spacial score (nSPS) is 12.9. The molecule has 0 aliphatic heterocycles. The van der Waals surface area contributed by atoms with E-state index < -0.39 is 0 Å². The molecule has 1 heterocycles. The predicted octanol–water partition coefficient (Wildman–Crippen LogP) is 4.71. The van der Waals surface area contributed by atoms with Crippen molar-refractivity contribution in [2.24, 2.45) is 5.92 Å². The first-order chi connectivity index (χ1) is 8.27. The van der Waals surface area contributed by atoms with Gasteiger partial charge in [-0.1, -0.05) is 44.2 Å². The Kier molecular flexibility index (Phi) is 4.32. The van der Waals surface area contributed by atoms with Gasteiger partial charge in [-0.2, -0.15) is 0 Å².